The fourth-order valence-corrected chi connectivity index (χ4v) is 2.82. The van der Waals surface area contributed by atoms with E-state index in [1.807, 2.05) is 12.1 Å². The fraction of sp³-hybridized carbons (Fsp3) is 0.600. The molecule has 1 aromatic carbocycles. The Labute approximate surface area is 120 Å². The van der Waals surface area contributed by atoms with Crippen LogP contribution in [0, 0.1) is 0 Å². The number of benzene rings is 1. The van der Waals surface area contributed by atoms with Gasteiger partial charge in [-0.1, -0.05) is 12.1 Å². The largest absolute Gasteiger partial charge is 0.493 e. The summed E-state index contributed by atoms with van der Waals surface area (Å²) in [5, 5.41) is 0. The number of methoxy groups -OCH3 is 2. The summed E-state index contributed by atoms with van der Waals surface area (Å²) in [4.78, 5) is 2.38. The van der Waals surface area contributed by atoms with Crippen molar-refractivity contribution in [2.75, 3.05) is 40.5 Å². The van der Waals surface area contributed by atoms with E-state index >= 15 is 0 Å². The highest BCUT2D eigenvalue weighted by Crippen LogP contribution is 2.37. The predicted molar refractivity (Wildman–Crippen MR) is 78.3 cm³/mol. The van der Waals surface area contributed by atoms with E-state index in [1.54, 1.807) is 14.2 Å². The van der Waals surface area contributed by atoms with Gasteiger partial charge in [0, 0.05) is 24.7 Å². The average Bonchev–Trinajstić information content (AvgIpc) is 2.49. The predicted octanol–water partition coefficient (Wildman–Crippen LogP) is 1.42. The van der Waals surface area contributed by atoms with Crippen LogP contribution in [0.15, 0.2) is 18.2 Å². The van der Waals surface area contributed by atoms with Gasteiger partial charge in [0.25, 0.3) is 0 Å². The lowest BCUT2D eigenvalue weighted by Gasteiger charge is -2.39. The molecule has 0 bridgehead atoms. The van der Waals surface area contributed by atoms with Crippen LogP contribution in [-0.2, 0) is 4.74 Å². The third-order valence-electron chi connectivity index (χ3n) is 3.84. The van der Waals surface area contributed by atoms with Crippen LogP contribution in [0.4, 0.5) is 0 Å². The van der Waals surface area contributed by atoms with E-state index in [2.05, 4.69) is 17.9 Å². The first-order valence-electron chi connectivity index (χ1n) is 6.97. The minimum absolute atomic E-state index is 0.110. The van der Waals surface area contributed by atoms with Gasteiger partial charge in [0.05, 0.1) is 33.5 Å². The molecule has 5 heteroatoms. The van der Waals surface area contributed by atoms with Crippen LogP contribution in [-0.4, -0.2) is 51.5 Å². The zero-order valence-corrected chi connectivity index (χ0v) is 12.5. The quantitative estimate of drug-likeness (QED) is 0.884. The Morgan fingerprint density at radius 3 is 2.80 bits per heavy atom. The van der Waals surface area contributed by atoms with Crippen LogP contribution in [0.3, 0.4) is 0 Å². The summed E-state index contributed by atoms with van der Waals surface area (Å²) in [6, 6.07) is 6.39. The first-order valence-corrected chi connectivity index (χ1v) is 6.97. The molecule has 1 fully saturated rings. The van der Waals surface area contributed by atoms with E-state index in [1.165, 1.54) is 0 Å². The van der Waals surface area contributed by atoms with Gasteiger partial charge in [-0.25, -0.2) is 0 Å². The van der Waals surface area contributed by atoms with E-state index in [0.717, 1.165) is 36.8 Å². The molecule has 0 amide bonds. The monoisotopic (exact) mass is 280 g/mol. The molecule has 0 aromatic heterocycles. The standard InChI is InChI=1S/C15H24N2O3/c1-11-10-20-8-7-17(11)13(9-16)12-5-4-6-14(18-2)15(12)19-3/h4-6,11,13H,7-10,16H2,1-3H3. The van der Waals surface area contributed by atoms with Crippen molar-refractivity contribution in [2.45, 2.75) is 19.0 Å². The lowest BCUT2D eigenvalue weighted by molar-refractivity contribution is -0.0213. The van der Waals surface area contributed by atoms with Gasteiger partial charge in [-0.3, -0.25) is 4.90 Å². The molecular weight excluding hydrogens is 256 g/mol. The SMILES string of the molecule is COc1cccc(C(CN)N2CCOCC2C)c1OC. The summed E-state index contributed by atoms with van der Waals surface area (Å²) in [6.07, 6.45) is 0. The zero-order valence-electron chi connectivity index (χ0n) is 12.5. The molecule has 112 valence electrons. The molecule has 0 spiro atoms. The van der Waals surface area contributed by atoms with Crippen molar-refractivity contribution in [2.24, 2.45) is 5.73 Å². The molecule has 2 atom stereocenters. The van der Waals surface area contributed by atoms with E-state index < -0.39 is 0 Å². The Balaban J connectivity index is 2.35. The minimum Gasteiger partial charge on any atom is -0.493 e. The Kier molecular flexibility index (Phi) is 5.23. The minimum atomic E-state index is 0.110. The smallest absolute Gasteiger partial charge is 0.165 e. The highest BCUT2D eigenvalue weighted by atomic mass is 16.5. The summed E-state index contributed by atoms with van der Waals surface area (Å²) in [5.74, 6) is 1.51. The van der Waals surface area contributed by atoms with Crippen molar-refractivity contribution in [3.8, 4) is 11.5 Å². The molecule has 2 N–H and O–H groups in total. The molecule has 0 aliphatic carbocycles. The van der Waals surface area contributed by atoms with Crippen LogP contribution in [0.5, 0.6) is 11.5 Å². The number of morpholine rings is 1. The van der Waals surface area contributed by atoms with Crippen LogP contribution in [0.2, 0.25) is 0 Å². The van der Waals surface area contributed by atoms with Crippen molar-refractivity contribution < 1.29 is 14.2 Å². The summed E-state index contributed by atoms with van der Waals surface area (Å²) in [6.45, 7) is 5.06. The molecule has 1 aliphatic rings. The Hall–Kier alpha value is -1.30. The summed E-state index contributed by atoms with van der Waals surface area (Å²) in [5.41, 5.74) is 7.11. The maximum Gasteiger partial charge on any atom is 0.165 e. The number of nitrogens with two attached hydrogens (primary N) is 1. The van der Waals surface area contributed by atoms with Crippen molar-refractivity contribution >= 4 is 0 Å². The van der Waals surface area contributed by atoms with Crippen molar-refractivity contribution in [3.63, 3.8) is 0 Å². The summed E-state index contributed by atoms with van der Waals surface area (Å²) >= 11 is 0. The van der Waals surface area contributed by atoms with Crippen molar-refractivity contribution in [3.05, 3.63) is 23.8 Å². The van der Waals surface area contributed by atoms with Gasteiger partial charge in [0.2, 0.25) is 0 Å². The van der Waals surface area contributed by atoms with Crippen molar-refractivity contribution in [1.82, 2.24) is 4.90 Å². The number of nitrogens with zero attached hydrogens (tertiary/aromatic N) is 1. The molecule has 0 saturated carbocycles. The third-order valence-corrected chi connectivity index (χ3v) is 3.84. The molecule has 1 aliphatic heterocycles. The van der Waals surface area contributed by atoms with Crippen LogP contribution < -0.4 is 15.2 Å². The number of hydrogen-bond donors (Lipinski definition) is 1. The molecule has 2 rings (SSSR count). The number of ether oxygens (including phenoxy) is 3. The second kappa shape index (κ2) is 6.92. The summed E-state index contributed by atoms with van der Waals surface area (Å²) < 4.78 is 16.4. The van der Waals surface area contributed by atoms with Crippen LogP contribution in [0.25, 0.3) is 0 Å². The van der Waals surface area contributed by atoms with Gasteiger partial charge >= 0.3 is 0 Å². The molecule has 0 radical (unpaired) electrons. The Morgan fingerprint density at radius 1 is 1.40 bits per heavy atom. The van der Waals surface area contributed by atoms with Gasteiger partial charge in [-0.2, -0.15) is 0 Å². The lowest BCUT2D eigenvalue weighted by atomic mass is 10.0. The number of rotatable bonds is 5. The topological polar surface area (TPSA) is 57.0 Å². The summed E-state index contributed by atoms with van der Waals surface area (Å²) in [7, 11) is 3.31. The van der Waals surface area contributed by atoms with Gasteiger partial charge in [-0.05, 0) is 13.0 Å². The molecule has 20 heavy (non-hydrogen) atoms. The van der Waals surface area contributed by atoms with Gasteiger partial charge in [0.15, 0.2) is 11.5 Å². The Morgan fingerprint density at radius 2 is 2.20 bits per heavy atom. The van der Waals surface area contributed by atoms with E-state index in [4.69, 9.17) is 19.9 Å². The van der Waals surface area contributed by atoms with Gasteiger partial charge < -0.3 is 19.9 Å². The second-order valence-electron chi connectivity index (χ2n) is 5.00. The van der Waals surface area contributed by atoms with E-state index in [0.29, 0.717) is 12.6 Å². The molecule has 5 nitrogen and oxygen atoms in total. The molecule has 1 aromatic rings. The highest BCUT2D eigenvalue weighted by molar-refractivity contribution is 5.48. The average molecular weight is 280 g/mol. The number of para-hydroxylation sites is 1. The molecule has 1 heterocycles. The lowest BCUT2D eigenvalue weighted by Crippen LogP contribution is -2.47. The fourth-order valence-electron chi connectivity index (χ4n) is 2.82. The van der Waals surface area contributed by atoms with E-state index in [-0.39, 0.29) is 6.04 Å². The first kappa shape index (κ1) is 15.1. The Bertz CT molecular complexity index is 439. The highest BCUT2D eigenvalue weighted by Gasteiger charge is 2.29. The first-order chi connectivity index (χ1) is 9.72. The normalized spacial score (nSPS) is 21.5. The van der Waals surface area contributed by atoms with E-state index in [9.17, 15) is 0 Å². The molecule has 1 saturated heterocycles. The second-order valence-corrected chi connectivity index (χ2v) is 5.00. The maximum atomic E-state index is 6.03. The van der Waals surface area contributed by atoms with Gasteiger partial charge in [0.1, 0.15) is 0 Å². The van der Waals surface area contributed by atoms with Crippen LogP contribution in [0.1, 0.15) is 18.5 Å². The van der Waals surface area contributed by atoms with Crippen LogP contribution >= 0.6 is 0 Å². The molecule has 2 unspecified atom stereocenters. The van der Waals surface area contributed by atoms with Crippen molar-refractivity contribution in [1.29, 1.82) is 0 Å². The third kappa shape index (κ3) is 2.90. The maximum absolute atomic E-state index is 6.03. The molecular formula is C15H24N2O3. The number of hydrogen-bond acceptors (Lipinski definition) is 5. The van der Waals surface area contributed by atoms with Gasteiger partial charge in [-0.15, -0.1) is 0 Å². The zero-order chi connectivity index (χ0) is 14.5.